The number of aryl methyl sites for hydroxylation is 1. The van der Waals surface area contributed by atoms with Crippen molar-refractivity contribution in [2.45, 2.75) is 13.8 Å². The first-order valence-electron chi connectivity index (χ1n) is 10.6. The second-order valence-electron chi connectivity index (χ2n) is 7.60. The van der Waals surface area contributed by atoms with E-state index in [-0.39, 0.29) is 11.7 Å². The Hall–Kier alpha value is -2.49. The van der Waals surface area contributed by atoms with Crippen LogP contribution in [0.3, 0.4) is 0 Å². The third-order valence-electron chi connectivity index (χ3n) is 5.72. The molecule has 0 unspecified atom stereocenters. The minimum Gasteiger partial charge on any atom is -0.383 e. The van der Waals surface area contributed by atoms with Gasteiger partial charge in [0.25, 0.3) is 5.91 Å². The largest absolute Gasteiger partial charge is 0.383 e. The Labute approximate surface area is 185 Å². The van der Waals surface area contributed by atoms with Crippen molar-refractivity contribution in [1.82, 2.24) is 19.2 Å². The van der Waals surface area contributed by atoms with Crippen LogP contribution in [0.4, 0.5) is 10.2 Å². The van der Waals surface area contributed by atoms with Gasteiger partial charge in [-0.1, -0.05) is 18.3 Å². The van der Waals surface area contributed by atoms with Gasteiger partial charge in [-0.15, -0.1) is 0 Å². The van der Waals surface area contributed by atoms with Crippen molar-refractivity contribution in [2.75, 3.05) is 58.3 Å². The first-order valence-corrected chi connectivity index (χ1v) is 11.4. The first kappa shape index (κ1) is 21.7. The van der Waals surface area contributed by atoms with Crippen LogP contribution in [0.25, 0.3) is 16.2 Å². The van der Waals surface area contributed by atoms with E-state index in [4.69, 9.17) is 9.72 Å². The Kier molecular flexibility index (Phi) is 6.54. The number of anilines is 1. The molecule has 31 heavy (non-hydrogen) atoms. The van der Waals surface area contributed by atoms with E-state index in [0.29, 0.717) is 18.0 Å². The van der Waals surface area contributed by atoms with Gasteiger partial charge in [0.1, 0.15) is 22.2 Å². The van der Waals surface area contributed by atoms with Crippen LogP contribution >= 0.6 is 11.3 Å². The molecule has 0 atom stereocenters. The molecule has 9 heteroatoms. The predicted octanol–water partition coefficient (Wildman–Crippen LogP) is 3.35. The lowest BCUT2D eigenvalue weighted by atomic mass is 10.1. The molecule has 0 saturated carbocycles. The molecule has 1 amide bonds. The number of aromatic nitrogens is 2. The summed E-state index contributed by atoms with van der Waals surface area (Å²) in [7, 11) is 1.65. The number of hydrogen-bond donors (Lipinski definition) is 1. The van der Waals surface area contributed by atoms with Gasteiger partial charge in [0.2, 0.25) is 0 Å². The fourth-order valence-electron chi connectivity index (χ4n) is 3.90. The fourth-order valence-corrected chi connectivity index (χ4v) is 4.99. The molecular weight excluding hydrogens is 417 g/mol. The maximum atomic E-state index is 13.4. The number of nitrogens with one attached hydrogen (secondary N) is 1. The molecule has 0 spiro atoms. The molecule has 3 heterocycles. The normalized spacial score (nSPS) is 15.0. The van der Waals surface area contributed by atoms with Crippen LogP contribution in [-0.4, -0.2) is 78.1 Å². The second kappa shape index (κ2) is 9.33. The number of hydrogen-bond acceptors (Lipinski definition) is 6. The molecule has 1 aliphatic rings. The molecule has 166 valence electrons. The number of methoxy groups -OCH3 is 1. The van der Waals surface area contributed by atoms with Gasteiger partial charge in [-0.05, 0) is 37.7 Å². The zero-order valence-electron chi connectivity index (χ0n) is 18.2. The van der Waals surface area contributed by atoms with E-state index in [9.17, 15) is 9.18 Å². The molecule has 1 fully saturated rings. The average molecular weight is 446 g/mol. The molecule has 1 aromatic carbocycles. The zero-order chi connectivity index (χ0) is 22.0. The fraction of sp³-hybridized carbons (Fsp3) is 0.455. The van der Waals surface area contributed by atoms with Crippen LogP contribution in [0.15, 0.2) is 24.3 Å². The maximum Gasteiger partial charge on any atom is 0.265 e. The van der Waals surface area contributed by atoms with Crippen LogP contribution in [-0.2, 0) is 4.74 Å². The number of thiazole rings is 1. The smallest absolute Gasteiger partial charge is 0.265 e. The van der Waals surface area contributed by atoms with Gasteiger partial charge in [0.05, 0.1) is 6.61 Å². The molecule has 2 aromatic heterocycles. The lowest BCUT2D eigenvalue weighted by Crippen LogP contribution is -2.48. The number of carbonyl (C=O) groups is 1. The SMILES string of the molecule is CCN1CCN(C(=O)c2sc3nc(-c4ccc(F)cc4)c(NCCOC)n3c2C)CC1. The van der Waals surface area contributed by atoms with Crippen molar-refractivity contribution in [3.63, 3.8) is 0 Å². The van der Waals surface area contributed by atoms with Gasteiger partial charge in [0, 0.05) is 51.1 Å². The molecule has 1 N–H and O–H groups in total. The lowest BCUT2D eigenvalue weighted by molar-refractivity contribution is 0.0647. The van der Waals surface area contributed by atoms with Gasteiger partial charge < -0.3 is 19.9 Å². The standard InChI is InChI=1S/C22H28FN5O2S/c1-4-26-10-12-27(13-11-26)21(29)19-15(2)28-20(24-9-14-30-3)18(25-22(28)31-19)16-5-7-17(23)8-6-16/h5-8,24H,4,9-14H2,1-3H3. The molecule has 1 aliphatic heterocycles. The number of likely N-dealkylation sites (N-methyl/N-ethyl adjacent to an activating group) is 1. The highest BCUT2D eigenvalue weighted by molar-refractivity contribution is 7.19. The molecular formula is C22H28FN5O2S. The van der Waals surface area contributed by atoms with Gasteiger partial charge in [-0.2, -0.15) is 0 Å². The molecule has 4 rings (SSSR count). The Bertz CT molecular complexity index is 1050. The van der Waals surface area contributed by atoms with Crippen molar-refractivity contribution in [2.24, 2.45) is 0 Å². The summed E-state index contributed by atoms with van der Waals surface area (Å²) in [5.74, 6) is 0.572. The molecule has 0 aliphatic carbocycles. The lowest BCUT2D eigenvalue weighted by Gasteiger charge is -2.33. The quantitative estimate of drug-likeness (QED) is 0.565. The van der Waals surface area contributed by atoms with E-state index >= 15 is 0 Å². The highest BCUT2D eigenvalue weighted by atomic mass is 32.1. The number of amides is 1. The number of halogens is 1. The van der Waals surface area contributed by atoms with Gasteiger partial charge >= 0.3 is 0 Å². The number of piperazine rings is 1. The Morgan fingerprint density at radius 2 is 1.94 bits per heavy atom. The summed E-state index contributed by atoms with van der Waals surface area (Å²) in [6, 6.07) is 6.30. The van der Waals surface area contributed by atoms with Crippen molar-refractivity contribution >= 4 is 28.0 Å². The number of nitrogens with zero attached hydrogens (tertiary/aromatic N) is 4. The zero-order valence-corrected chi connectivity index (χ0v) is 19.0. The van der Waals surface area contributed by atoms with Crippen LogP contribution in [0.1, 0.15) is 22.3 Å². The average Bonchev–Trinajstić information content (AvgIpc) is 3.31. The highest BCUT2D eigenvalue weighted by Gasteiger charge is 2.27. The van der Waals surface area contributed by atoms with Crippen LogP contribution < -0.4 is 5.32 Å². The van der Waals surface area contributed by atoms with Gasteiger partial charge in [-0.3, -0.25) is 9.20 Å². The summed E-state index contributed by atoms with van der Waals surface area (Å²) in [5, 5.41) is 3.39. The van der Waals surface area contributed by atoms with Gasteiger partial charge in [-0.25, -0.2) is 9.37 Å². The van der Waals surface area contributed by atoms with E-state index in [1.54, 1.807) is 19.2 Å². The second-order valence-corrected chi connectivity index (χ2v) is 8.57. The predicted molar refractivity (Wildman–Crippen MR) is 122 cm³/mol. The Balaban J connectivity index is 1.69. The summed E-state index contributed by atoms with van der Waals surface area (Å²) >= 11 is 1.41. The molecule has 1 saturated heterocycles. The number of benzene rings is 1. The van der Waals surface area contributed by atoms with Crippen molar-refractivity contribution < 1.29 is 13.9 Å². The van der Waals surface area contributed by atoms with E-state index in [1.807, 2.05) is 16.2 Å². The summed E-state index contributed by atoms with van der Waals surface area (Å²) in [6.07, 6.45) is 0. The van der Waals surface area contributed by atoms with E-state index in [2.05, 4.69) is 17.1 Å². The summed E-state index contributed by atoms with van der Waals surface area (Å²) < 4.78 is 20.6. The van der Waals surface area contributed by atoms with Crippen LogP contribution in [0.2, 0.25) is 0 Å². The summed E-state index contributed by atoms with van der Waals surface area (Å²) in [4.78, 5) is 23.8. The Morgan fingerprint density at radius 1 is 1.23 bits per heavy atom. The topological polar surface area (TPSA) is 62.1 Å². The van der Waals surface area contributed by atoms with E-state index in [1.165, 1.54) is 23.5 Å². The highest BCUT2D eigenvalue weighted by Crippen LogP contribution is 2.35. The Morgan fingerprint density at radius 3 is 2.58 bits per heavy atom. The van der Waals surface area contributed by atoms with Crippen molar-refractivity contribution in [3.05, 3.63) is 40.7 Å². The summed E-state index contributed by atoms with van der Waals surface area (Å²) in [5.41, 5.74) is 2.42. The molecule has 3 aromatic rings. The van der Waals surface area contributed by atoms with Crippen molar-refractivity contribution in [3.8, 4) is 11.3 Å². The molecule has 0 bridgehead atoms. The number of fused-ring (bicyclic) bond motifs is 1. The van der Waals surface area contributed by atoms with E-state index < -0.39 is 0 Å². The van der Waals surface area contributed by atoms with Gasteiger partial charge in [0.15, 0.2) is 4.96 Å². The number of imidazole rings is 1. The van der Waals surface area contributed by atoms with E-state index in [0.717, 1.165) is 60.5 Å². The third kappa shape index (κ3) is 4.30. The van der Waals surface area contributed by atoms with Crippen LogP contribution in [0.5, 0.6) is 0 Å². The minimum absolute atomic E-state index is 0.0647. The monoisotopic (exact) mass is 445 g/mol. The minimum atomic E-state index is -0.286. The summed E-state index contributed by atoms with van der Waals surface area (Å²) in [6.45, 7) is 9.53. The first-order chi connectivity index (χ1) is 15.0. The maximum absolute atomic E-state index is 13.4. The van der Waals surface area contributed by atoms with Crippen molar-refractivity contribution in [1.29, 1.82) is 0 Å². The number of ether oxygens (including phenoxy) is 1. The third-order valence-corrected chi connectivity index (χ3v) is 6.85. The molecule has 0 radical (unpaired) electrons. The number of rotatable bonds is 7. The number of carbonyl (C=O) groups excluding carboxylic acids is 1. The molecule has 7 nitrogen and oxygen atoms in total. The van der Waals surface area contributed by atoms with Crippen LogP contribution in [0, 0.1) is 12.7 Å².